The molecular weight excluding hydrogens is 292 g/mol. The van der Waals surface area contributed by atoms with E-state index in [1.807, 2.05) is 6.07 Å². The van der Waals surface area contributed by atoms with E-state index in [0.717, 1.165) is 14.6 Å². The van der Waals surface area contributed by atoms with Gasteiger partial charge in [0.2, 0.25) is 0 Å². The van der Waals surface area contributed by atoms with Crippen LogP contribution >= 0.6 is 27.3 Å². The van der Waals surface area contributed by atoms with Crippen molar-refractivity contribution in [2.45, 2.75) is 0 Å². The Labute approximate surface area is 105 Å². The highest BCUT2D eigenvalue weighted by Crippen LogP contribution is 2.30. The number of nitrogens with zero attached hydrogens (tertiary/aromatic N) is 2. The zero-order chi connectivity index (χ0) is 11.7. The van der Waals surface area contributed by atoms with Gasteiger partial charge in [-0.3, -0.25) is 14.6 Å². The van der Waals surface area contributed by atoms with E-state index >= 15 is 0 Å². The van der Waals surface area contributed by atoms with E-state index in [1.54, 1.807) is 19.4 Å². The number of hydroxylamine groups is 2. The van der Waals surface area contributed by atoms with Crippen LogP contribution in [0.1, 0.15) is 9.67 Å². The molecule has 84 valence electrons. The zero-order valence-electron chi connectivity index (χ0n) is 8.73. The molecule has 0 aromatic carbocycles. The fraction of sp³-hybridized carbons (Fsp3) is 0.200. The van der Waals surface area contributed by atoms with E-state index in [2.05, 4.69) is 20.9 Å². The molecule has 2 heterocycles. The third-order valence-electron chi connectivity index (χ3n) is 2.17. The first-order valence-corrected chi connectivity index (χ1v) is 6.09. The van der Waals surface area contributed by atoms with Crippen LogP contribution in [-0.2, 0) is 4.84 Å². The lowest BCUT2D eigenvalue weighted by Crippen LogP contribution is -2.24. The summed E-state index contributed by atoms with van der Waals surface area (Å²) in [6.45, 7) is 0. The van der Waals surface area contributed by atoms with Gasteiger partial charge in [0.25, 0.3) is 5.91 Å². The molecular formula is C10H9BrN2O2S. The van der Waals surface area contributed by atoms with E-state index in [-0.39, 0.29) is 5.91 Å². The van der Waals surface area contributed by atoms with Gasteiger partial charge in [0.05, 0.1) is 16.7 Å². The summed E-state index contributed by atoms with van der Waals surface area (Å²) < 4.78 is 1.86. The van der Waals surface area contributed by atoms with Crippen LogP contribution in [0.15, 0.2) is 22.9 Å². The number of carbonyl (C=O) groups excluding carboxylic acids is 1. The Bertz CT molecular complexity index is 541. The number of aromatic nitrogens is 1. The first-order chi connectivity index (χ1) is 7.63. The molecule has 2 aromatic heterocycles. The average Bonchev–Trinajstić information content (AvgIpc) is 2.72. The molecule has 0 unspecified atom stereocenters. The number of amides is 1. The highest BCUT2D eigenvalue weighted by Gasteiger charge is 2.15. The summed E-state index contributed by atoms with van der Waals surface area (Å²) in [6.07, 6.45) is 3.46. The summed E-state index contributed by atoms with van der Waals surface area (Å²) in [6, 6.07) is 1.84. The molecule has 0 saturated carbocycles. The van der Waals surface area contributed by atoms with Gasteiger partial charge in [0.1, 0.15) is 0 Å². The summed E-state index contributed by atoms with van der Waals surface area (Å²) >= 11 is 4.80. The van der Waals surface area contributed by atoms with E-state index in [0.29, 0.717) is 4.88 Å². The molecule has 1 amide bonds. The minimum absolute atomic E-state index is 0.157. The summed E-state index contributed by atoms with van der Waals surface area (Å²) in [5, 5.41) is 2.19. The van der Waals surface area contributed by atoms with Gasteiger partial charge in [-0.05, 0) is 22.0 Å². The lowest BCUT2D eigenvalue weighted by molar-refractivity contribution is -0.0753. The van der Waals surface area contributed by atoms with Crippen LogP contribution in [0, 0.1) is 0 Å². The minimum Gasteiger partial charge on any atom is -0.274 e. The van der Waals surface area contributed by atoms with Gasteiger partial charge in [0.15, 0.2) is 0 Å². The molecule has 0 N–H and O–H groups in total. The third-order valence-corrected chi connectivity index (χ3v) is 3.86. The molecule has 16 heavy (non-hydrogen) atoms. The molecule has 2 aromatic rings. The minimum atomic E-state index is -0.157. The second-order valence-corrected chi connectivity index (χ2v) is 5.07. The summed E-state index contributed by atoms with van der Waals surface area (Å²) in [4.78, 5) is 21.4. The van der Waals surface area contributed by atoms with E-state index in [9.17, 15) is 4.79 Å². The Hall–Kier alpha value is -0.980. The normalized spacial score (nSPS) is 10.7. The molecule has 0 aliphatic heterocycles. The van der Waals surface area contributed by atoms with Crippen molar-refractivity contribution in [3.63, 3.8) is 0 Å². The highest BCUT2D eigenvalue weighted by atomic mass is 79.9. The lowest BCUT2D eigenvalue weighted by Gasteiger charge is -2.11. The fourth-order valence-electron chi connectivity index (χ4n) is 1.27. The van der Waals surface area contributed by atoms with Crippen LogP contribution in [0.25, 0.3) is 10.1 Å². The maximum atomic E-state index is 11.8. The molecule has 0 radical (unpaired) electrons. The highest BCUT2D eigenvalue weighted by molar-refractivity contribution is 9.10. The number of fused-ring (bicyclic) bond motifs is 1. The number of thiophene rings is 1. The largest absolute Gasteiger partial charge is 0.287 e. The van der Waals surface area contributed by atoms with E-state index in [1.165, 1.54) is 23.5 Å². The monoisotopic (exact) mass is 300 g/mol. The molecule has 0 aliphatic rings. The van der Waals surface area contributed by atoms with Crippen LogP contribution in [0.5, 0.6) is 0 Å². The Morgan fingerprint density at radius 1 is 1.56 bits per heavy atom. The van der Waals surface area contributed by atoms with Gasteiger partial charge in [0, 0.05) is 29.3 Å². The number of pyridine rings is 1. The van der Waals surface area contributed by atoms with Crippen LogP contribution < -0.4 is 0 Å². The van der Waals surface area contributed by atoms with Crippen molar-refractivity contribution in [3.05, 3.63) is 27.8 Å². The first-order valence-electron chi connectivity index (χ1n) is 4.48. The lowest BCUT2D eigenvalue weighted by atomic mass is 10.3. The maximum absolute atomic E-state index is 11.8. The first kappa shape index (κ1) is 11.5. The number of hydrogen-bond acceptors (Lipinski definition) is 4. The third kappa shape index (κ3) is 1.95. The van der Waals surface area contributed by atoms with Gasteiger partial charge in [-0.15, -0.1) is 11.3 Å². The summed E-state index contributed by atoms with van der Waals surface area (Å²) in [5.41, 5.74) is 0. The Morgan fingerprint density at radius 3 is 2.94 bits per heavy atom. The quantitative estimate of drug-likeness (QED) is 0.801. The molecule has 0 fully saturated rings. The second-order valence-electron chi connectivity index (χ2n) is 3.13. The number of halogens is 1. The number of carbonyl (C=O) groups is 1. The molecule has 0 saturated heterocycles. The molecule has 0 atom stereocenters. The topological polar surface area (TPSA) is 42.4 Å². The molecule has 0 spiro atoms. The average molecular weight is 301 g/mol. The van der Waals surface area contributed by atoms with Gasteiger partial charge < -0.3 is 0 Å². The van der Waals surface area contributed by atoms with Gasteiger partial charge >= 0.3 is 0 Å². The smallest absolute Gasteiger partial charge is 0.274 e. The van der Waals surface area contributed by atoms with Crippen molar-refractivity contribution in [2.75, 3.05) is 14.2 Å². The molecule has 0 bridgehead atoms. The van der Waals surface area contributed by atoms with Gasteiger partial charge in [-0.2, -0.15) is 0 Å². The number of rotatable bonds is 2. The van der Waals surface area contributed by atoms with Gasteiger partial charge in [-0.25, -0.2) is 5.06 Å². The Balaban J connectivity index is 2.48. The molecule has 4 nitrogen and oxygen atoms in total. The van der Waals surface area contributed by atoms with E-state index in [4.69, 9.17) is 4.84 Å². The van der Waals surface area contributed by atoms with Crippen molar-refractivity contribution < 1.29 is 9.63 Å². The predicted molar refractivity (Wildman–Crippen MR) is 66.4 cm³/mol. The van der Waals surface area contributed by atoms with Crippen LogP contribution in [0.2, 0.25) is 0 Å². The van der Waals surface area contributed by atoms with Crippen molar-refractivity contribution in [1.82, 2.24) is 10.0 Å². The molecule has 2 rings (SSSR count). The zero-order valence-corrected chi connectivity index (χ0v) is 11.1. The second kappa shape index (κ2) is 4.48. The van der Waals surface area contributed by atoms with Gasteiger partial charge in [-0.1, -0.05) is 0 Å². The maximum Gasteiger partial charge on any atom is 0.287 e. The molecule has 0 aliphatic carbocycles. The van der Waals surface area contributed by atoms with Crippen LogP contribution in [0.3, 0.4) is 0 Å². The van der Waals surface area contributed by atoms with Crippen LogP contribution in [-0.4, -0.2) is 30.1 Å². The summed E-state index contributed by atoms with van der Waals surface area (Å²) in [7, 11) is 3.04. The van der Waals surface area contributed by atoms with Crippen molar-refractivity contribution >= 4 is 43.3 Å². The van der Waals surface area contributed by atoms with Crippen molar-refractivity contribution in [2.24, 2.45) is 0 Å². The summed E-state index contributed by atoms with van der Waals surface area (Å²) in [5.74, 6) is -0.157. The SMILES string of the molecule is CON(C)C(=O)c1cc2c(Br)cncc2s1. The number of hydrogen-bond donors (Lipinski definition) is 0. The molecule has 6 heteroatoms. The van der Waals surface area contributed by atoms with Crippen LogP contribution in [0.4, 0.5) is 0 Å². The Kier molecular flexibility index (Phi) is 3.22. The predicted octanol–water partition coefficient (Wildman–Crippen LogP) is 2.69. The fourth-order valence-corrected chi connectivity index (χ4v) is 2.87. The van der Waals surface area contributed by atoms with Crippen molar-refractivity contribution in [3.8, 4) is 0 Å². The Morgan fingerprint density at radius 2 is 2.31 bits per heavy atom. The van der Waals surface area contributed by atoms with E-state index < -0.39 is 0 Å². The standard InChI is InChI=1S/C10H9BrN2O2S/c1-13(15-2)10(14)8-3-6-7(11)4-12-5-9(6)16-8/h3-5H,1-2H3. The van der Waals surface area contributed by atoms with Crippen molar-refractivity contribution in [1.29, 1.82) is 0 Å².